The first-order valence-corrected chi connectivity index (χ1v) is 9.42. The highest BCUT2D eigenvalue weighted by atomic mass is 16.5. The molecule has 1 aromatic carbocycles. The Morgan fingerprint density at radius 1 is 1.14 bits per heavy atom. The van der Waals surface area contributed by atoms with Gasteiger partial charge in [0.05, 0.1) is 13.0 Å². The summed E-state index contributed by atoms with van der Waals surface area (Å²) in [5.41, 5.74) is 0.665. The molecule has 1 heterocycles. The Kier molecular flexibility index (Phi) is 7.19. The first-order chi connectivity index (χ1) is 13.6. The van der Waals surface area contributed by atoms with Gasteiger partial charge in [0.15, 0.2) is 0 Å². The number of nitrogens with zero attached hydrogens (tertiary/aromatic N) is 1. The van der Waals surface area contributed by atoms with Crippen LogP contribution in [0.1, 0.15) is 27.2 Å². The van der Waals surface area contributed by atoms with Crippen LogP contribution in [0.5, 0.6) is 5.75 Å². The number of ether oxygens (including phenoxy) is 1. The molecule has 1 aliphatic heterocycles. The highest BCUT2D eigenvalue weighted by Gasteiger charge is 2.36. The number of carbonyl (C=O) groups excluding carboxylic acids is 3. The summed E-state index contributed by atoms with van der Waals surface area (Å²) in [7, 11) is 1.55. The molecular weight excluding hydrogens is 378 g/mol. The van der Waals surface area contributed by atoms with Crippen LogP contribution in [-0.4, -0.2) is 54.5 Å². The van der Waals surface area contributed by atoms with Crippen molar-refractivity contribution in [3.05, 3.63) is 24.3 Å². The Hall–Kier alpha value is -3.10. The summed E-state index contributed by atoms with van der Waals surface area (Å²) in [5, 5.41) is 14.2. The Morgan fingerprint density at radius 2 is 1.76 bits per heavy atom. The number of benzene rings is 1. The summed E-state index contributed by atoms with van der Waals surface area (Å²) in [5.74, 6) is -2.56. The van der Waals surface area contributed by atoms with E-state index in [0.717, 1.165) is 0 Å². The normalized spacial score (nSPS) is 18.3. The minimum Gasteiger partial charge on any atom is -0.497 e. The van der Waals surface area contributed by atoms with Gasteiger partial charge in [-0.1, -0.05) is 13.8 Å². The number of anilines is 1. The van der Waals surface area contributed by atoms with E-state index in [-0.39, 0.29) is 24.8 Å². The molecule has 0 radical (unpaired) electrons. The fourth-order valence-electron chi connectivity index (χ4n) is 3.08. The second kappa shape index (κ2) is 9.40. The van der Waals surface area contributed by atoms with Gasteiger partial charge in [0.25, 0.3) is 0 Å². The molecule has 3 N–H and O–H groups in total. The maximum atomic E-state index is 12.5. The van der Waals surface area contributed by atoms with Crippen molar-refractivity contribution in [2.45, 2.75) is 39.3 Å². The molecule has 1 aromatic rings. The largest absolute Gasteiger partial charge is 0.497 e. The van der Waals surface area contributed by atoms with Crippen molar-refractivity contribution in [2.75, 3.05) is 18.6 Å². The predicted octanol–water partition coefficient (Wildman–Crippen LogP) is 0.778. The van der Waals surface area contributed by atoms with E-state index in [1.165, 1.54) is 11.8 Å². The zero-order valence-corrected chi connectivity index (χ0v) is 17.0. The number of hydrogen-bond acceptors (Lipinski definition) is 5. The van der Waals surface area contributed by atoms with Crippen molar-refractivity contribution < 1.29 is 29.0 Å². The number of rotatable bonds is 8. The summed E-state index contributed by atoms with van der Waals surface area (Å²) in [6.07, 6.45) is 0.0376. The third-order valence-corrected chi connectivity index (χ3v) is 4.86. The summed E-state index contributed by atoms with van der Waals surface area (Å²) < 4.78 is 5.10. The van der Waals surface area contributed by atoms with Gasteiger partial charge in [-0.05, 0) is 37.1 Å². The van der Waals surface area contributed by atoms with E-state index in [4.69, 9.17) is 4.74 Å². The van der Waals surface area contributed by atoms with Crippen LogP contribution in [0.25, 0.3) is 0 Å². The third-order valence-electron chi connectivity index (χ3n) is 4.86. The molecule has 0 spiro atoms. The molecule has 29 heavy (non-hydrogen) atoms. The Morgan fingerprint density at radius 3 is 2.28 bits per heavy atom. The molecule has 9 nitrogen and oxygen atoms in total. The number of carbonyl (C=O) groups is 4. The number of methoxy groups -OCH3 is 1. The van der Waals surface area contributed by atoms with Crippen LogP contribution in [0.2, 0.25) is 0 Å². The molecule has 0 aromatic heterocycles. The van der Waals surface area contributed by atoms with Gasteiger partial charge in [-0.15, -0.1) is 0 Å². The predicted molar refractivity (Wildman–Crippen MR) is 105 cm³/mol. The van der Waals surface area contributed by atoms with Crippen LogP contribution in [0.3, 0.4) is 0 Å². The van der Waals surface area contributed by atoms with Crippen LogP contribution in [0.15, 0.2) is 24.3 Å². The summed E-state index contributed by atoms with van der Waals surface area (Å²) in [6, 6.07) is 4.98. The topological polar surface area (TPSA) is 125 Å². The molecule has 0 saturated carbocycles. The lowest BCUT2D eigenvalue weighted by molar-refractivity contribution is -0.143. The lowest BCUT2D eigenvalue weighted by Crippen LogP contribution is -2.52. The molecule has 3 atom stereocenters. The highest BCUT2D eigenvalue weighted by Crippen LogP contribution is 2.27. The first kappa shape index (κ1) is 22.2. The smallest absolute Gasteiger partial charge is 0.326 e. The average Bonchev–Trinajstić information content (AvgIpc) is 3.07. The van der Waals surface area contributed by atoms with Crippen LogP contribution < -0.4 is 20.3 Å². The summed E-state index contributed by atoms with van der Waals surface area (Å²) >= 11 is 0. The van der Waals surface area contributed by atoms with Gasteiger partial charge < -0.3 is 25.4 Å². The minimum atomic E-state index is -1.14. The fourth-order valence-corrected chi connectivity index (χ4v) is 3.08. The molecule has 2 rings (SSSR count). The van der Waals surface area contributed by atoms with E-state index in [1.807, 2.05) is 0 Å². The SMILES string of the molecule is COc1ccc(N2C[C@@H](C(=O)N[C@@H](C)C(=O)N[C@H](C(=O)O)C(C)C)CC2=O)cc1. The molecule has 9 heteroatoms. The lowest BCUT2D eigenvalue weighted by atomic mass is 10.0. The second-order valence-corrected chi connectivity index (χ2v) is 7.40. The Balaban J connectivity index is 1.95. The maximum Gasteiger partial charge on any atom is 0.326 e. The molecule has 0 aliphatic carbocycles. The van der Waals surface area contributed by atoms with E-state index in [1.54, 1.807) is 45.2 Å². The number of carboxylic acids is 1. The van der Waals surface area contributed by atoms with Gasteiger partial charge >= 0.3 is 5.97 Å². The van der Waals surface area contributed by atoms with Gasteiger partial charge in [0.2, 0.25) is 17.7 Å². The van der Waals surface area contributed by atoms with Crippen molar-refractivity contribution >= 4 is 29.4 Å². The molecule has 3 amide bonds. The number of hydrogen-bond donors (Lipinski definition) is 3. The van der Waals surface area contributed by atoms with Crippen LogP contribution in [0, 0.1) is 11.8 Å². The van der Waals surface area contributed by atoms with Crippen molar-refractivity contribution in [2.24, 2.45) is 11.8 Å². The lowest BCUT2D eigenvalue weighted by Gasteiger charge is -2.22. The van der Waals surface area contributed by atoms with E-state index in [9.17, 15) is 24.3 Å². The standard InChI is InChI=1S/C20H27N3O6/c1-11(2)17(20(27)28)22-18(25)12(3)21-19(26)13-9-16(24)23(10-13)14-5-7-15(29-4)8-6-14/h5-8,11-13,17H,9-10H2,1-4H3,(H,21,26)(H,22,25)(H,27,28)/t12-,13-,17-/m0/s1. The quantitative estimate of drug-likeness (QED) is 0.587. The molecule has 1 aliphatic rings. The van der Waals surface area contributed by atoms with Crippen LogP contribution >= 0.6 is 0 Å². The minimum absolute atomic E-state index is 0.0376. The summed E-state index contributed by atoms with van der Waals surface area (Å²) in [4.78, 5) is 49.9. The highest BCUT2D eigenvalue weighted by molar-refractivity contribution is 6.01. The number of carboxylic acid groups (broad SMARTS) is 1. The number of aliphatic carboxylic acids is 1. The van der Waals surface area contributed by atoms with Crippen LogP contribution in [0.4, 0.5) is 5.69 Å². The summed E-state index contributed by atoms with van der Waals surface area (Å²) in [6.45, 7) is 5.04. The van der Waals surface area contributed by atoms with E-state index in [0.29, 0.717) is 11.4 Å². The van der Waals surface area contributed by atoms with E-state index in [2.05, 4.69) is 10.6 Å². The number of amides is 3. The van der Waals surface area contributed by atoms with E-state index < -0.39 is 35.8 Å². The average molecular weight is 405 g/mol. The molecular formula is C20H27N3O6. The van der Waals surface area contributed by atoms with Gasteiger partial charge in [-0.3, -0.25) is 14.4 Å². The van der Waals surface area contributed by atoms with Crippen molar-refractivity contribution in [1.29, 1.82) is 0 Å². The molecule has 0 unspecified atom stereocenters. The van der Waals surface area contributed by atoms with E-state index >= 15 is 0 Å². The second-order valence-electron chi connectivity index (χ2n) is 7.40. The van der Waals surface area contributed by atoms with Gasteiger partial charge in [-0.25, -0.2) is 4.79 Å². The maximum absolute atomic E-state index is 12.5. The Bertz CT molecular complexity index is 777. The molecule has 0 bridgehead atoms. The van der Waals surface area contributed by atoms with Crippen LogP contribution in [-0.2, 0) is 19.2 Å². The van der Waals surface area contributed by atoms with Crippen molar-refractivity contribution in [3.63, 3.8) is 0 Å². The Labute approximate surface area is 169 Å². The molecule has 158 valence electrons. The van der Waals surface area contributed by atoms with Gasteiger partial charge in [0, 0.05) is 18.7 Å². The van der Waals surface area contributed by atoms with Gasteiger partial charge in [-0.2, -0.15) is 0 Å². The van der Waals surface area contributed by atoms with Gasteiger partial charge in [0.1, 0.15) is 17.8 Å². The third kappa shape index (κ3) is 5.46. The van der Waals surface area contributed by atoms with Crippen molar-refractivity contribution in [3.8, 4) is 5.75 Å². The monoisotopic (exact) mass is 405 g/mol. The fraction of sp³-hybridized carbons (Fsp3) is 0.500. The molecule has 1 saturated heterocycles. The zero-order chi connectivity index (χ0) is 21.7. The molecule has 1 fully saturated rings. The number of nitrogens with one attached hydrogen (secondary N) is 2. The zero-order valence-electron chi connectivity index (χ0n) is 17.0. The van der Waals surface area contributed by atoms with Crippen molar-refractivity contribution in [1.82, 2.24) is 10.6 Å². The first-order valence-electron chi connectivity index (χ1n) is 9.42.